The van der Waals surface area contributed by atoms with Crippen LogP contribution in [0.15, 0.2) is 0 Å². The van der Waals surface area contributed by atoms with Gasteiger partial charge in [-0.1, -0.05) is 0 Å². The van der Waals surface area contributed by atoms with Crippen molar-refractivity contribution in [1.29, 1.82) is 0 Å². The molecule has 0 aromatic carbocycles. The lowest BCUT2D eigenvalue weighted by molar-refractivity contribution is -0.305. The van der Waals surface area contributed by atoms with Gasteiger partial charge in [-0.05, 0) is 0 Å². The fraction of sp³-hybridized carbons (Fsp3) is 0.923. The third-order valence-electron chi connectivity index (χ3n) is 5.10. The highest BCUT2D eigenvalue weighted by Crippen LogP contribution is 2.35. The Morgan fingerprint density at radius 1 is 0.650 bits per heavy atom. The van der Waals surface area contributed by atoms with Gasteiger partial charge < -0.3 is 29.5 Å². The Labute approximate surface area is 225 Å². The highest BCUT2D eigenvalue weighted by molar-refractivity contribution is 7.81. The van der Waals surface area contributed by atoms with Gasteiger partial charge in [0, 0.05) is 5.92 Å². The van der Waals surface area contributed by atoms with E-state index in [0.29, 0.717) is 0 Å². The molecular formula is C13H22O23S4. The van der Waals surface area contributed by atoms with Crippen LogP contribution >= 0.6 is 0 Å². The first-order valence-corrected chi connectivity index (χ1v) is 15.5. The molecule has 2 rings (SSSR count). The number of aliphatic hydroxyl groups is 2. The molecule has 0 saturated carbocycles. The minimum absolute atomic E-state index is 1.20. The summed E-state index contributed by atoms with van der Waals surface area (Å²) >= 11 is 0. The van der Waals surface area contributed by atoms with Gasteiger partial charge >= 0.3 is 47.6 Å². The normalized spacial score (nSPS) is 34.1. The molecule has 0 bridgehead atoms. The summed E-state index contributed by atoms with van der Waals surface area (Å²) in [4.78, 5) is 11.5. The molecule has 9 unspecified atom stereocenters. The van der Waals surface area contributed by atoms with E-state index in [1.165, 1.54) is 0 Å². The van der Waals surface area contributed by atoms with Crippen molar-refractivity contribution >= 4 is 47.6 Å². The number of hydrogen-bond donors (Lipinski definition) is 7. The molecule has 0 aromatic heterocycles. The second kappa shape index (κ2) is 12.9. The molecule has 2 aliphatic rings. The zero-order valence-electron chi connectivity index (χ0n) is 19.1. The minimum atomic E-state index is -5.50. The molecule has 23 nitrogen and oxygen atoms in total. The third kappa shape index (κ3) is 10.9. The molecule has 0 spiro atoms. The number of rotatable bonds is 14. The van der Waals surface area contributed by atoms with Crippen LogP contribution < -0.4 is 0 Å². The molecule has 9 atom stereocenters. The van der Waals surface area contributed by atoms with Gasteiger partial charge in [0.2, 0.25) is 0 Å². The maximum Gasteiger partial charge on any atom is 0.397 e. The van der Waals surface area contributed by atoms with Gasteiger partial charge in [-0.15, -0.1) is 0 Å². The molecule has 7 N–H and O–H groups in total. The first-order chi connectivity index (χ1) is 18.0. The Balaban J connectivity index is 2.53. The number of carboxylic acids is 1. The van der Waals surface area contributed by atoms with Crippen LogP contribution in [0.2, 0.25) is 0 Å². The summed E-state index contributed by atoms with van der Waals surface area (Å²) in [5.41, 5.74) is 0. The van der Waals surface area contributed by atoms with Gasteiger partial charge in [0.25, 0.3) is 0 Å². The Kier molecular flexibility index (Phi) is 11.3. The Bertz CT molecular complexity index is 1320. The van der Waals surface area contributed by atoms with Gasteiger partial charge in [-0.3, -0.25) is 18.2 Å². The number of carboxylic acid groups (broad SMARTS) is 1. The second-order valence-corrected chi connectivity index (χ2v) is 12.2. The van der Waals surface area contributed by atoms with Crippen LogP contribution in [0.3, 0.4) is 0 Å². The van der Waals surface area contributed by atoms with E-state index in [9.17, 15) is 53.8 Å². The number of aliphatic carboxylic acids is 1. The highest BCUT2D eigenvalue weighted by Gasteiger charge is 2.54. The summed E-state index contributed by atoms with van der Waals surface area (Å²) < 4.78 is 157. The zero-order valence-corrected chi connectivity index (χ0v) is 22.4. The summed E-state index contributed by atoms with van der Waals surface area (Å²) in [5, 5.41) is 29.5. The predicted molar refractivity (Wildman–Crippen MR) is 114 cm³/mol. The fourth-order valence-electron chi connectivity index (χ4n) is 3.60. The lowest BCUT2D eigenvalue weighted by atomic mass is 9.96. The van der Waals surface area contributed by atoms with Crippen molar-refractivity contribution in [2.24, 2.45) is 5.92 Å². The van der Waals surface area contributed by atoms with E-state index in [1.807, 2.05) is 0 Å². The first kappa shape index (κ1) is 34.9. The van der Waals surface area contributed by atoms with Crippen LogP contribution in [0.25, 0.3) is 0 Å². The maximum absolute atomic E-state index is 11.5. The average molecular weight is 675 g/mol. The zero-order chi connectivity index (χ0) is 30.8. The lowest BCUT2D eigenvalue weighted by Crippen LogP contribution is -2.62. The third-order valence-corrected chi connectivity index (χ3v) is 6.87. The molecule has 40 heavy (non-hydrogen) atoms. The molecule has 2 heterocycles. The quantitative estimate of drug-likeness (QED) is 0.0847. The smallest absolute Gasteiger partial charge is 0.397 e. The van der Waals surface area contributed by atoms with E-state index in [4.69, 9.17) is 32.4 Å². The van der Waals surface area contributed by atoms with E-state index in [0.717, 1.165) is 0 Å². The van der Waals surface area contributed by atoms with Crippen molar-refractivity contribution in [3.63, 3.8) is 0 Å². The van der Waals surface area contributed by atoms with Crippen molar-refractivity contribution in [1.82, 2.24) is 0 Å². The summed E-state index contributed by atoms with van der Waals surface area (Å²) in [6.07, 6.45) is -17.9. The summed E-state index contributed by atoms with van der Waals surface area (Å²) in [5.74, 6) is -3.72. The van der Waals surface area contributed by atoms with E-state index < -0.39 is 122 Å². The first-order valence-electron chi connectivity index (χ1n) is 10.0. The van der Waals surface area contributed by atoms with Crippen LogP contribution in [0.5, 0.6) is 0 Å². The van der Waals surface area contributed by atoms with Crippen molar-refractivity contribution < 1.29 is 103 Å². The average Bonchev–Trinajstić information content (AvgIpc) is 3.08. The highest BCUT2D eigenvalue weighted by atomic mass is 32.3. The van der Waals surface area contributed by atoms with E-state index in [-0.39, 0.29) is 0 Å². The lowest BCUT2D eigenvalue weighted by Gasteiger charge is -2.41. The Morgan fingerprint density at radius 3 is 1.57 bits per heavy atom. The number of ether oxygens (including phenoxy) is 3. The van der Waals surface area contributed by atoms with Crippen LogP contribution in [0, 0.1) is 5.92 Å². The van der Waals surface area contributed by atoms with Gasteiger partial charge in [-0.25, -0.2) is 21.5 Å². The van der Waals surface area contributed by atoms with E-state index >= 15 is 0 Å². The molecule has 2 saturated heterocycles. The summed E-state index contributed by atoms with van der Waals surface area (Å²) in [7, 11) is -21.2. The molecule has 27 heteroatoms. The minimum Gasteiger partial charge on any atom is -0.479 e. The van der Waals surface area contributed by atoms with Crippen molar-refractivity contribution in [2.75, 3.05) is 19.8 Å². The fourth-order valence-corrected chi connectivity index (χ4v) is 5.02. The van der Waals surface area contributed by atoms with Gasteiger partial charge in [0.1, 0.15) is 18.3 Å². The van der Waals surface area contributed by atoms with E-state index in [2.05, 4.69) is 16.7 Å². The largest absolute Gasteiger partial charge is 0.479 e. The Morgan fingerprint density at radius 2 is 1.12 bits per heavy atom. The molecule has 236 valence electrons. The van der Waals surface area contributed by atoms with Crippen molar-refractivity contribution in [3.05, 3.63) is 0 Å². The van der Waals surface area contributed by atoms with Gasteiger partial charge in [-0.2, -0.15) is 33.7 Å². The Hall–Kier alpha value is -1.25. The summed E-state index contributed by atoms with van der Waals surface area (Å²) in [6.45, 7) is -3.69. The molecule has 2 fully saturated rings. The molecular weight excluding hydrogens is 652 g/mol. The van der Waals surface area contributed by atoms with Crippen LogP contribution in [0.1, 0.15) is 0 Å². The predicted octanol–water partition coefficient (Wildman–Crippen LogP) is -5.07. The molecule has 2 aliphatic heterocycles. The summed E-state index contributed by atoms with van der Waals surface area (Å²) in [6, 6.07) is 0. The van der Waals surface area contributed by atoms with Crippen molar-refractivity contribution in [2.45, 2.75) is 49.0 Å². The number of hydrogen-bond acceptors (Lipinski definition) is 18. The van der Waals surface area contributed by atoms with Crippen molar-refractivity contribution in [3.8, 4) is 0 Å². The van der Waals surface area contributed by atoms with Crippen LogP contribution in [0.4, 0.5) is 0 Å². The van der Waals surface area contributed by atoms with Crippen LogP contribution in [-0.2, 0) is 77.3 Å². The molecule has 0 aliphatic carbocycles. The molecule has 0 aromatic rings. The van der Waals surface area contributed by atoms with Crippen LogP contribution in [-0.4, -0.2) is 142 Å². The van der Waals surface area contributed by atoms with Gasteiger partial charge in [0.15, 0.2) is 18.5 Å². The SMILES string of the molecule is O=C(O)C1OC(OC2C(COS(=O)(=O)O)OC(COS(=O)(=O)O)C2COS(=O)(=O)O)C(OS(=O)(=O)O)C(O)C1O. The monoisotopic (exact) mass is 674 g/mol. The second-order valence-electron chi connectivity index (χ2n) is 7.85. The maximum atomic E-state index is 11.5. The van der Waals surface area contributed by atoms with Gasteiger partial charge in [0.05, 0.1) is 32.0 Å². The standard InChI is InChI=1S/C13H22O23S4/c14-7-8(15)11(36-40(27,28)29)13(35-10(7)12(16)17)34-9-4(1-30-37(18,19)20)5(2-31-38(21,22)23)33-6(9)3-32-39(24,25)26/h4-11,13-15H,1-3H2,(H,16,17)(H,18,19,20)(H,21,22,23)(H,24,25,26)(H,27,28,29). The molecule has 0 amide bonds. The topological polar surface area (TPSA) is 360 Å². The van der Waals surface area contributed by atoms with E-state index in [1.54, 1.807) is 0 Å². The number of carbonyl (C=O) groups is 1. The number of aliphatic hydroxyl groups excluding tert-OH is 2. The molecule has 0 radical (unpaired) electrons.